The van der Waals surface area contributed by atoms with Gasteiger partial charge >= 0.3 is 5.97 Å². The molecule has 0 fully saturated rings. The van der Waals surface area contributed by atoms with Crippen LogP contribution in [0.1, 0.15) is 131 Å². The van der Waals surface area contributed by atoms with Crippen LogP contribution in [-0.2, 0) is 9.53 Å². The molecule has 0 aromatic heterocycles. The average Bonchev–Trinajstić information content (AvgIpc) is 2.82. The van der Waals surface area contributed by atoms with Crippen LogP contribution in [0.15, 0.2) is 36.0 Å². The molecule has 0 saturated heterocycles. The summed E-state index contributed by atoms with van der Waals surface area (Å²) in [5.41, 5.74) is -0.0282. The molecule has 3 nitrogen and oxygen atoms in total. The van der Waals surface area contributed by atoms with Crippen LogP contribution in [-0.4, -0.2) is 23.8 Å². The maximum absolute atomic E-state index is 12.5. The molecule has 0 heterocycles. The smallest absolute Gasteiger partial charge is 0.337 e. The van der Waals surface area contributed by atoms with Crippen molar-refractivity contribution in [1.29, 1.82) is 0 Å². The van der Waals surface area contributed by atoms with E-state index in [0.717, 1.165) is 19.3 Å². The molecular weight excluding hydrogens is 420 g/mol. The number of carbonyl (C=O) groups is 1. The van der Waals surface area contributed by atoms with Crippen LogP contribution in [0.4, 0.5) is 0 Å². The van der Waals surface area contributed by atoms with E-state index in [2.05, 4.69) is 39.8 Å². The maximum Gasteiger partial charge on any atom is 0.337 e. The third-order valence-corrected chi connectivity index (χ3v) is 7.99. The highest BCUT2D eigenvalue weighted by atomic mass is 16.5. The molecule has 2 unspecified atom stereocenters. The Bertz CT molecular complexity index is 643. The number of allylic oxidation sites excluding steroid dienone is 2. The summed E-state index contributed by atoms with van der Waals surface area (Å²) in [4.78, 5) is 12.5. The second-order valence-corrected chi connectivity index (χ2v) is 11.0. The number of hydrogen-bond donors (Lipinski definition) is 1. The van der Waals surface area contributed by atoms with E-state index >= 15 is 0 Å². The number of carbonyl (C=O) groups excluding carboxylic acids is 1. The average molecular weight is 475 g/mol. The Morgan fingerprint density at radius 2 is 1.47 bits per heavy atom. The van der Waals surface area contributed by atoms with Crippen molar-refractivity contribution in [3.05, 3.63) is 36.0 Å². The van der Waals surface area contributed by atoms with Crippen molar-refractivity contribution in [1.82, 2.24) is 0 Å². The standard InChI is InChI=1S/C31H54O3/c1-6-8-9-10-11-12-13-14-15-16-17-18-19-20-21-22-25-34-29(33)27-23-24-28(32)31(5,26-27)30(3,4)7-2/h14-15,23-24,26,28,32H,6-13,16-22,25H2,1-5H3. The zero-order chi connectivity index (χ0) is 25.3. The molecule has 1 rings (SSSR count). The maximum atomic E-state index is 12.5. The molecule has 34 heavy (non-hydrogen) atoms. The van der Waals surface area contributed by atoms with E-state index in [0.29, 0.717) is 12.2 Å². The molecule has 0 radical (unpaired) electrons. The van der Waals surface area contributed by atoms with Gasteiger partial charge in [0.05, 0.1) is 18.3 Å². The van der Waals surface area contributed by atoms with E-state index in [1.165, 1.54) is 77.0 Å². The van der Waals surface area contributed by atoms with Gasteiger partial charge in [0, 0.05) is 5.41 Å². The van der Waals surface area contributed by atoms with E-state index in [1.807, 2.05) is 13.0 Å². The van der Waals surface area contributed by atoms with Gasteiger partial charge in [-0.25, -0.2) is 4.79 Å². The Kier molecular flexibility index (Phi) is 15.5. The van der Waals surface area contributed by atoms with Gasteiger partial charge in [-0.05, 0) is 43.6 Å². The molecule has 3 heteroatoms. The minimum atomic E-state index is -0.588. The SMILES string of the molecule is CCCCCCCCC=CCCCCCCCCOC(=O)C1=CC(C)(C(C)(C)CC)C(O)C=C1. The topological polar surface area (TPSA) is 46.5 Å². The molecule has 1 N–H and O–H groups in total. The van der Waals surface area contributed by atoms with Crippen molar-refractivity contribution in [2.75, 3.05) is 6.61 Å². The Morgan fingerprint density at radius 1 is 0.941 bits per heavy atom. The fraction of sp³-hybridized carbons (Fsp3) is 0.774. The van der Waals surface area contributed by atoms with Gasteiger partial charge in [0.15, 0.2) is 0 Å². The summed E-state index contributed by atoms with van der Waals surface area (Å²) in [6.07, 6.45) is 28.2. The van der Waals surface area contributed by atoms with Gasteiger partial charge in [-0.3, -0.25) is 0 Å². The first-order valence-electron chi connectivity index (χ1n) is 14.2. The zero-order valence-electron chi connectivity index (χ0n) is 23.0. The van der Waals surface area contributed by atoms with Crippen molar-refractivity contribution in [3.63, 3.8) is 0 Å². The first-order chi connectivity index (χ1) is 16.3. The zero-order valence-corrected chi connectivity index (χ0v) is 23.0. The molecule has 0 aromatic rings. The first-order valence-corrected chi connectivity index (χ1v) is 14.2. The number of aliphatic hydroxyl groups is 1. The number of hydrogen-bond acceptors (Lipinski definition) is 3. The van der Waals surface area contributed by atoms with Gasteiger partial charge in [-0.1, -0.05) is 123 Å². The van der Waals surface area contributed by atoms with Crippen molar-refractivity contribution >= 4 is 5.97 Å². The lowest BCUT2D eigenvalue weighted by Crippen LogP contribution is -2.44. The second kappa shape index (κ2) is 17.1. The second-order valence-electron chi connectivity index (χ2n) is 11.0. The van der Waals surface area contributed by atoms with Crippen molar-refractivity contribution < 1.29 is 14.6 Å². The van der Waals surface area contributed by atoms with E-state index in [1.54, 1.807) is 12.2 Å². The van der Waals surface area contributed by atoms with E-state index in [4.69, 9.17) is 4.74 Å². The van der Waals surface area contributed by atoms with Gasteiger partial charge in [-0.15, -0.1) is 0 Å². The van der Waals surface area contributed by atoms with Gasteiger partial charge in [0.25, 0.3) is 0 Å². The Balaban J connectivity index is 2.09. The van der Waals surface area contributed by atoms with Crippen LogP contribution in [0.5, 0.6) is 0 Å². The molecule has 0 saturated carbocycles. The van der Waals surface area contributed by atoms with Crippen LogP contribution in [0.3, 0.4) is 0 Å². The molecule has 1 aliphatic rings. The summed E-state index contributed by atoms with van der Waals surface area (Å²) in [6, 6.07) is 0. The molecule has 0 bridgehead atoms. The predicted molar refractivity (Wildman–Crippen MR) is 146 cm³/mol. The predicted octanol–water partition coefficient (Wildman–Crippen LogP) is 8.87. The minimum absolute atomic E-state index is 0.119. The molecule has 0 spiro atoms. The Labute approximate surface area is 211 Å². The Hall–Kier alpha value is -1.35. The lowest BCUT2D eigenvalue weighted by Gasteiger charge is -2.46. The van der Waals surface area contributed by atoms with Crippen molar-refractivity contribution in [2.45, 2.75) is 137 Å². The van der Waals surface area contributed by atoms with Gasteiger partial charge in [0.2, 0.25) is 0 Å². The van der Waals surface area contributed by atoms with Crippen LogP contribution >= 0.6 is 0 Å². The van der Waals surface area contributed by atoms with Gasteiger partial charge < -0.3 is 9.84 Å². The van der Waals surface area contributed by atoms with E-state index in [9.17, 15) is 9.90 Å². The Morgan fingerprint density at radius 3 is 2.03 bits per heavy atom. The first kappa shape index (κ1) is 30.7. The lowest BCUT2D eigenvalue weighted by molar-refractivity contribution is -0.139. The van der Waals surface area contributed by atoms with Crippen LogP contribution in [0.2, 0.25) is 0 Å². The molecular formula is C31H54O3. The number of ether oxygens (including phenoxy) is 1. The number of esters is 1. The summed E-state index contributed by atoms with van der Waals surface area (Å²) >= 11 is 0. The fourth-order valence-electron chi connectivity index (χ4n) is 4.55. The fourth-order valence-corrected chi connectivity index (χ4v) is 4.55. The summed E-state index contributed by atoms with van der Waals surface area (Å²) in [5, 5.41) is 10.5. The highest BCUT2D eigenvalue weighted by Crippen LogP contribution is 2.48. The number of rotatable bonds is 19. The summed E-state index contributed by atoms with van der Waals surface area (Å²) in [7, 11) is 0. The third kappa shape index (κ3) is 10.9. The minimum Gasteiger partial charge on any atom is -0.462 e. The van der Waals surface area contributed by atoms with Crippen LogP contribution in [0, 0.1) is 10.8 Å². The third-order valence-electron chi connectivity index (χ3n) is 7.99. The molecule has 0 aromatic carbocycles. The number of unbranched alkanes of at least 4 members (excludes halogenated alkanes) is 12. The summed E-state index contributed by atoms with van der Waals surface area (Å²) in [6.45, 7) is 11.2. The highest BCUT2D eigenvalue weighted by molar-refractivity contribution is 5.92. The van der Waals surface area contributed by atoms with Crippen LogP contribution in [0.25, 0.3) is 0 Å². The van der Waals surface area contributed by atoms with Crippen molar-refractivity contribution in [2.24, 2.45) is 10.8 Å². The molecule has 1 aliphatic carbocycles. The molecule has 0 amide bonds. The summed E-state index contributed by atoms with van der Waals surface area (Å²) < 4.78 is 5.53. The summed E-state index contributed by atoms with van der Waals surface area (Å²) in [5.74, 6) is -0.269. The number of aliphatic hydroxyl groups excluding tert-OH is 1. The van der Waals surface area contributed by atoms with Gasteiger partial charge in [0.1, 0.15) is 0 Å². The highest BCUT2D eigenvalue weighted by Gasteiger charge is 2.44. The quantitative estimate of drug-likeness (QED) is 0.115. The monoisotopic (exact) mass is 474 g/mol. The van der Waals surface area contributed by atoms with Crippen molar-refractivity contribution in [3.8, 4) is 0 Å². The van der Waals surface area contributed by atoms with E-state index < -0.39 is 11.5 Å². The molecule has 196 valence electrons. The van der Waals surface area contributed by atoms with E-state index in [-0.39, 0.29) is 11.4 Å². The van der Waals surface area contributed by atoms with Crippen LogP contribution < -0.4 is 0 Å². The lowest BCUT2D eigenvalue weighted by atomic mass is 9.60. The normalized spacial score (nSPS) is 20.6. The molecule has 2 atom stereocenters. The largest absolute Gasteiger partial charge is 0.462 e. The molecule has 0 aliphatic heterocycles. The van der Waals surface area contributed by atoms with Gasteiger partial charge in [-0.2, -0.15) is 0 Å².